The van der Waals surface area contributed by atoms with Gasteiger partial charge in [0.15, 0.2) is 5.96 Å². The van der Waals surface area contributed by atoms with Crippen molar-refractivity contribution in [1.29, 1.82) is 0 Å². The normalized spacial score (nSPS) is 25.3. The van der Waals surface area contributed by atoms with Crippen molar-refractivity contribution in [2.24, 2.45) is 22.6 Å². The Morgan fingerprint density at radius 1 is 1.12 bits per heavy atom. The zero-order chi connectivity index (χ0) is 17.6. The fourth-order valence-electron chi connectivity index (χ4n) is 3.90. The standard InChI is InChI=1S/C19H29ClN4O/c20-17-4-6-18(7-5-17)23-8-10-24(11-9-23)19(21)22-13-15-2-1-3-16(12-15)14-25/h4-7,15-16,25H,1-3,8-14H2,(H2,21,22)/t15-,16+/m0/s1. The maximum Gasteiger partial charge on any atom is 0.191 e. The molecule has 5 nitrogen and oxygen atoms in total. The Balaban J connectivity index is 1.47. The molecule has 0 unspecified atom stereocenters. The highest BCUT2D eigenvalue weighted by atomic mass is 35.5. The average Bonchev–Trinajstić information content (AvgIpc) is 2.67. The largest absolute Gasteiger partial charge is 0.396 e. The molecule has 138 valence electrons. The van der Waals surface area contributed by atoms with E-state index >= 15 is 0 Å². The Hall–Kier alpha value is -1.46. The van der Waals surface area contributed by atoms with Gasteiger partial charge < -0.3 is 20.6 Å². The fourth-order valence-corrected chi connectivity index (χ4v) is 4.03. The van der Waals surface area contributed by atoms with Crippen molar-refractivity contribution in [2.75, 3.05) is 44.2 Å². The van der Waals surface area contributed by atoms with Gasteiger partial charge in [0.1, 0.15) is 0 Å². The number of aliphatic hydroxyl groups excluding tert-OH is 1. The van der Waals surface area contributed by atoms with E-state index < -0.39 is 0 Å². The van der Waals surface area contributed by atoms with Crippen molar-refractivity contribution in [1.82, 2.24) is 4.90 Å². The summed E-state index contributed by atoms with van der Waals surface area (Å²) in [5, 5.41) is 10.1. The van der Waals surface area contributed by atoms with Gasteiger partial charge in [-0.05, 0) is 55.4 Å². The Bertz CT molecular complexity index is 569. The number of halogens is 1. The molecule has 1 saturated heterocycles. The van der Waals surface area contributed by atoms with Crippen molar-refractivity contribution in [3.05, 3.63) is 29.3 Å². The zero-order valence-electron chi connectivity index (χ0n) is 14.8. The molecule has 0 spiro atoms. The van der Waals surface area contributed by atoms with E-state index in [1.165, 1.54) is 18.5 Å². The van der Waals surface area contributed by atoms with Gasteiger partial charge in [-0.25, -0.2) is 0 Å². The molecule has 1 aromatic carbocycles. The summed E-state index contributed by atoms with van der Waals surface area (Å²) in [6, 6.07) is 8.00. The summed E-state index contributed by atoms with van der Waals surface area (Å²) >= 11 is 5.96. The predicted molar refractivity (Wildman–Crippen MR) is 104 cm³/mol. The van der Waals surface area contributed by atoms with Gasteiger partial charge in [0, 0.05) is 50.0 Å². The van der Waals surface area contributed by atoms with Crippen LogP contribution in [-0.4, -0.2) is 55.3 Å². The first-order valence-corrected chi connectivity index (χ1v) is 9.69. The molecule has 1 saturated carbocycles. The fraction of sp³-hybridized carbons (Fsp3) is 0.632. The molecule has 3 N–H and O–H groups in total. The van der Waals surface area contributed by atoms with E-state index in [1.54, 1.807) is 0 Å². The molecule has 0 radical (unpaired) electrons. The zero-order valence-corrected chi connectivity index (χ0v) is 15.5. The van der Waals surface area contributed by atoms with Gasteiger partial charge in [-0.2, -0.15) is 0 Å². The van der Waals surface area contributed by atoms with Crippen LogP contribution in [0.25, 0.3) is 0 Å². The third-order valence-electron chi connectivity index (χ3n) is 5.46. The van der Waals surface area contributed by atoms with E-state index in [0.29, 0.717) is 24.4 Å². The number of hydrogen-bond donors (Lipinski definition) is 2. The lowest BCUT2D eigenvalue weighted by Crippen LogP contribution is -2.51. The third kappa shape index (κ3) is 5.02. The van der Waals surface area contributed by atoms with Crippen molar-refractivity contribution < 1.29 is 5.11 Å². The molecule has 0 aromatic heterocycles. The second-order valence-corrected chi connectivity index (χ2v) is 7.67. The molecule has 2 aliphatic rings. The Morgan fingerprint density at radius 2 is 1.80 bits per heavy atom. The SMILES string of the molecule is NC(=NC[C@H]1CCC[C@@H](CO)C1)N1CCN(c2ccc(Cl)cc2)CC1. The van der Waals surface area contributed by atoms with Crippen LogP contribution in [0.5, 0.6) is 0 Å². The van der Waals surface area contributed by atoms with Crippen LogP contribution in [0.4, 0.5) is 5.69 Å². The van der Waals surface area contributed by atoms with Crippen LogP contribution in [0, 0.1) is 11.8 Å². The molecule has 2 atom stereocenters. The third-order valence-corrected chi connectivity index (χ3v) is 5.71. The van der Waals surface area contributed by atoms with E-state index in [0.717, 1.165) is 50.6 Å². The highest BCUT2D eigenvalue weighted by Crippen LogP contribution is 2.28. The average molecular weight is 365 g/mol. The molecule has 1 aromatic rings. The second-order valence-electron chi connectivity index (χ2n) is 7.23. The summed E-state index contributed by atoms with van der Waals surface area (Å²) in [4.78, 5) is 9.19. The molecule has 0 bridgehead atoms. The Kier molecular flexibility index (Phi) is 6.43. The number of benzene rings is 1. The topological polar surface area (TPSA) is 65.1 Å². The number of aliphatic imine (C=N–C) groups is 1. The van der Waals surface area contributed by atoms with Gasteiger partial charge >= 0.3 is 0 Å². The summed E-state index contributed by atoms with van der Waals surface area (Å²) in [6.07, 6.45) is 4.64. The first kappa shape index (κ1) is 18.3. The predicted octanol–water partition coefficient (Wildman–Crippen LogP) is 2.58. The Morgan fingerprint density at radius 3 is 2.48 bits per heavy atom. The van der Waals surface area contributed by atoms with Crippen molar-refractivity contribution in [3.63, 3.8) is 0 Å². The number of anilines is 1. The first-order valence-electron chi connectivity index (χ1n) is 9.32. The van der Waals surface area contributed by atoms with E-state index in [2.05, 4.69) is 26.9 Å². The molecule has 6 heteroatoms. The number of guanidine groups is 1. The van der Waals surface area contributed by atoms with Crippen LogP contribution < -0.4 is 10.6 Å². The molecule has 1 heterocycles. The summed E-state index contributed by atoms with van der Waals surface area (Å²) in [5.74, 6) is 1.69. The minimum absolute atomic E-state index is 0.308. The number of rotatable bonds is 4. The molecule has 1 aliphatic heterocycles. The number of nitrogens with zero attached hydrogens (tertiary/aromatic N) is 3. The van der Waals surface area contributed by atoms with Gasteiger partial charge in [0.05, 0.1) is 0 Å². The highest BCUT2D eigenvalue weighted by molar-refractivity contribution is 6.30. The van der Waals surface area contributed by atoms with E-state index in [-0.39, 0.29) is 0 Å². The lowest BCUT2D eigenvalue weighted by atomic mass is 9.82. The number of aliphatic hydroxyl groups is 1. The summed E-state index contributed by atoms with van der Waals surface area (Å²) in [7, 11) is 0. The molecular formula is C19H29ClN4O. The van der Waals surface area contributed by atoms with Crippen LogP contribution in [0.2, 0.25) is 5.02 Å². The number of piperazine rings is 1. The molecule has 25 heavy (non-hydrogen) atoms. The van der Waals surface area contributed by atoms with Gasteiger partial charge in [0.2, 0.25) is 0 Å². The van der Waals surface area contributed by atoms with E-state index in [9.17, 15) is 5.11 Å². The Labute approximate surface area is 155 Å². The minimum Gasteiger partial charge on any atom is -0.396 e. The molecule has 0 amide bonds. The maximum atomic E-state index is 9.34. The van der Waals surface area contributed by atoms with Gasteiger partial charge in [-0.15, -0.1) is 0 Å². The van der Waals surface area contributed by atoms with E-state index in [4.69, 9.17) is 17.3 Å². The van der Waals surface area contributed by atoms with Crippen LogP contribution in [0.3, 0.4) is 0 Å². The lowest BCUT2D eigenvalue weighted by molar-refractivity contribution is 0.163. The minimum atomic E-state index is 0.308. The smallest absolute Gasteiger partial charge is 0.191 e. The quantitative estimate of drug-likeness (QED) is 0.636. The summed E-state index contributed by atoms with van der Waals surface area (Å²) < 4.78 is 0. The van der Waals surface area contributed by atoms with E-state index in [1.807, 2.05) is 12.1 Å². The molecule has 1 aliphatic carbocycles. The second kappa shape index (κ2) is 8.77. The molecular weight excluding hydrogens is 336 g/mol. The lowest BCUT2D eigenvalue weighted by Gasteiger charge is -2.36. The van der Waals surface area contributed by atoms with Crippen LogP contribution in [0.15, 0.2) is 29.3 Å². The van der Waals surface area contributed by atoms with Gasteiger partial charge in [0.25, 0.3) is 0 Å². The maximum absolute atomic E-state index is 9.34. The van der Waals surface area contributed by atoms with Crippen LogP contribution in [-0.2, 0) is 0 Å². The molecule has 2 fully saturated rings. The first-order chi connectivity index (χ1) is 12.2. The van der Waals surface area contributed by atoms with Gasteiger partial charge in [-0.3, -0.25) is 4.99 Å². The van der Waals surface area contributed by atoms with Crippen molar-refractivity contribution in [3.8, 4) is 0 Å². The number of nitrogens with two attached hydrogens (primary N) is 1. The van der Waals surface area contributed by atoms with Crippen molar-refractivity contribution in [2.45, 2.75) is 25.7 Å². The summed E-state index contributed by atoms with van der Waals surface area (Å²) in [5.41, 5.74) is 7.43. The number of hydrogen-bond acceptors (Lipinski definition) is 3. The monoisotopic (exact) mass is 364 g/mol. The van der Waals surface area contributed by atoms with Crippen LogP contribution >= 0.6 is 11.6 Å². The van der Waals surface area contributed by atoms with Gasteiger partial charge in [-0.1, -0.05) is 18.0 Å². The molecule has 3 rings (SSSR count). The highest BCUT2D eigenvalue weighted by Gasteiger charge is 2.22. The summed E-state index contributed by atoms with van der Waals surface area (Å²) in [6.45, 7) is 4.76. The van der Waals surface area contributed by atoms with Crippen LogP contribution in [0.1, 0.15) is 25.7 Å². The van der Waals surface area contributed by atoms with Crippen molar-refractivity contribution >= 4 is 23.2 Å².